The maximum Gasteiger partial charge on any atom is 0.410 e. The zero-order chi connectivity index (χ0) is 99.4. The molecule has 12 heterocycles. The van der Waals surface area contributed by atoms with Crippen LogP contribution in [0.3, 0.4) is 0 Å². The number of hydrogen-bond acceptors (Lipinski definition) is 29. The van der Waals surface area contributed by atoms with Gasteiger partial charge in [0.2, 0.25) is 0 Å². The van der Waals surface area contributed by atoms with E-state index in [-0.39, 0.29) is 135 Å². The summed E-state index contributed by atoms with van der Waals surface area (Å²) in [5.41, 5.74) is -1.45. The lowest BCUT2D eigenvalue weighted by molar-refractivity contribution is -0.132. The number of halogens is 7. The van der Waals surface area contributed by atoms with E-state index in [1.165, 1.54) is 187 Å². The molecule has 18 rings (SSSR count). The van der Waals surface area contributed by atoms with Crippen LogP contribution in [0.1, 0.15) is 40.2 Å². The molecule has 1 amide bonds. The van der Waals surface area contributed by atoms with Crippen LogP contribution in [0.25, 0.3) is 88.6 Å². The molecule has 0 bridgehead atoms. The summed E-state index contributed by atoms with van der Waals surface area (Å²) in [5.74, 6) is -5.40. The third-order valence-corrected chi connectivity index (χ3v) is 20.3. The predicted octanol–water partition coefficient (Wildman–Crippen LogP) is 9.90. The Morgan fingerprint density at radius 1 is 0.413 bits per heavy atom. The highest BCUT2D eigenvalue weighted by Crippen LogP contribution is 2.33. The number of pyridine rings is 6. The number of nitrogens with one attached hydrogen (secondary N) is 3. The predicted molar refractivity (Wildman–Crippen MR) is 489 cm³/mol. The van der Waals surface area contributed by atoms with Gasteiger partial charge >= 0.3 is 18.0 Å². The average Bonchev–Trinajstić information content (AvgIpc) is 0.768. The molecule has 1 fully saturated rings. The van der Waals surface area contributed by atoms with Crippen molar-refractivity contribution in [2.45, 2.75) is 40.2 Å². The number of rotatable bonds is 11. The fraction of sp³-hybridized carbons (Fsp3) is 0.130. The fourth-order valence-electron chi connectivity index (χ4n) is 13.9. The molecule has 0 atom stereocenters. The van der Waals surface area contributed by atoms with Gasteiger partial charge in [0.05, 0.1) is 60.3 Å². The van der Waals surface area contributed by atoms with E-state index < -0.39 is 102 Å². The van der Waals surface area contributed by atoms with Gasteiger partial charge in [-0.1, -0.05) is 48.0 Å². The van der Waals surface area contributed by atoms with E-state index in [4.69, 9.17) is 46.3 Å². The van der Waals surface area contributed by atoms with Crippen LogP contribution in [-0.4, -0.2) is 156 Å². The molecular weight excluding hydrogens is 1840 g/mol. The second-order valence-corrected chi connectivity index (χ2v) is 30.2. The highest BCUT2D eigenvalue weighted by Gasteiger charge is 2.30. The van der Waals surface area contributed by atoms with Crippen LogP contribution < -0.4 is 79.6 Å². The number of ether oxygens (including phenoxy) is 5. The van der Waals surface area contributed by atoms with Crippen LogP contribution in [0.5, 0.6) is 34.5 Å². The second-order valence-electron chi connectivity index (χ2n) is 29.9. The quantitative estimate of drug-likeness (QED) is 0.0303. The Kier molecular flexibility index (Phi) is 29.2. The highest BCUT2D eigenvalue weighted by molar-refractivity contribution is 6.34. The van der Waals surface area contributed by atoms with Crippen molar-refractivity contribution in [1.82, 2.24) is 82.1 Å². The van der Waals surface area contributed by atoms with Crippen molar-refractivity contribution in [3.63, 3.8) is 0 Å². The number of nitrogen functional groups attached to an aromatic ring is 1. The number of H-pyrrole nitrogens is 3. The lowest BCUT2D eigenvalue weighted by atomic mass is 10.2. The van der Waals surface area contributed by atoms with Gasteiger partial charge in [0.1, 0.15) is 126 Å². The second kappa shape index (κ2) is 41.5. The Balaban J connectivity index is 0.000000141. The first-order chi connectivity index (χ1) is 65.9. The zero-order valence-electron chi connectivity index (χ0n) is 72.7. The van der Waals surface area contributed by atoms with Crippen molar-refractivity contribution in [3.05, 3.63) is 353 Å². The minimum absolute atomic E-state index is 0.0195. The number of hydrogen-bond donors (Lipinski definition) is 6. The first kappa shape index (κ1) is 97.0. The summed E-state index contributed by atoms with van der Waals surface area (Å²) < 4.78 is 116. The molecule has 1 saturated heterocycles. The number of nitriles is 1. The molecule has 7 N–H and O–H groups in total. The third-order valence-electron chi connectivity index (χ3n) is 20.0. The molecule has 1 aliphatic rings. The molecule has 17 aromatic rings. The number of aromatic nitrogens is 16. The SMILES string of the molecule is CC(=O)Oc1cccc(F)c1-n1ccc2c(=O)[nH]cnc2c1=O.CC(=O)Oc1cccc(F)c1-n1ccc2c(Cl)ncnc2c1=O.CC(C)(C)OC(=O)N1CCN(c2ncnc3c(=O)n(-c4c(O)cccc4F)ccc23)CC1.COc1cccc(F)c1-n1ccc(C#N)c(N)c1=O.COc1cccc(F)c1-n1ccc2c(=O)[nH]cnc2c1=O.O=c1[nH]cnc2c(=O)n(-c3c(O)cccc3F)ccc12. The van der Waals surface area contributed by atoms with Crippen LogP contribution in [-0.2, 0) is 14.3 Å². The Hall–Kier alpha value is -18.5. The van der Waals surface area contributed by atoms with Gasteiger partial charge in [-0.3, -0.25) is 80.1 Å². The lowest BCUT2D eigenvalue weighted by Crippen LogP contribution is -2.50. The number of aromatic hydroxyl groups is 2. The van der Waals surface area contributed by atoms with E-state index in [0.717, 1.165) is 70.9 Å². The molecule has 702 valence electrons. The number of fused-ring (bicyclic) bond motifs is 5. The summed E-state index contributed by atoms with van der Waals surface area (Å²) in [6.45, 7) is 9.71. The number of piperazine rings is 1. The van der Waals surface area contributed by atoms with E-state index in [1.807, 2.05) is 25.7 Å². The molecule has 0 radical (unpaired) electrons. The number of amides is 1. The van der Waals surface area contributed by atoms with Gasteiger partial charge < -0.3 is 64.4 Å². The number of aromatic amines is 3. The molecule has 0 saturated carbocycles. The summed E-state index contributed by atoms with van der Waals surface area (Å²) in [4.78, 5) is 183. The third kappa shape index (κ3) is 20.6. The molecule has 1 aliphatic heterocycles. The number of para-hydroxylation sites is 6. The van der Waals surface area contributed by atoms with Gasteiger partial charge in [0.15, 0.2) is 46.4 Å². The average molecular weight is 1910 g/mol. The number of phenols is 2. The van der Waals surface area contributed by atoms with Crippen molar-refractivity contribution in [2.75, 3.05) is 51.0 Å². The standard InChI is InChI=1S/C22H24FN5O4.C15H9ClFN3O3.C15H10FN3O4.C14H10FN3O3.C13H8FN3O3.C13H10FN3O2/c1-22(2,3)32-21(31)27-11-9-26(10-12-27)19-14-7-8-28(20(30)17(14)24-13-25-19)18-15(23)5-4-6-16(18)29;1-8(21)23-11-4-2-3-10(17)13(11)20-6-5-9-12(15(20)22)18-7-19-14(9)16;1-8(20)23-11-4-2-3-10(16)13(11)19-6-5-9-12(15(19)22)17-7-18-14(9)21;1-21-10-4-2-3-9(15)12(10)18-6-5-8-11(14(18)20)16-7-17-13(8)19;14-8-2-1-3-9(18)11(8)17-5-4-7-10(13(17)20)15-6-16-12(7)19;1-19-10-4-2-3-9(14)12(10)17-6-5-8(7-15)11(16)13(17)18/h4-8,13,29H,9-12H2,1-3H3;2-7H,1H3;2-7H,1H3,(H,17,18,21);2-7H,1H3,(H,16,17,19);1-6,18H,(H,15,16,19);2-6H,16H2,1H3. The van der Waals surface area contributed by atoms with E-state index >= 15 is 0 Å². The molecule has 0 aliphatic carbocycles. The maximum atomic E-state index is 14.3. The molecule has 0 unspecified atom stereocenters. The number of nitrogens with two attached hydrogens (primary N) is 1. The highest BCUT2D eigenvalue weighted by atomic mass is 35.5. The van der Waals surface area contributed by atoms with Gasteiger partial charge in [-0.2, -0.15) is 5.26 Å². The minimum atomic E-state index is -0.755. The molecule has 46 heteroatoms. The number of esters is 2. The number of carbonyl (C=O) groups excluding carboxylic acids is 3. The summed E-state index contributed by atoms with van der Waals surface area (Å²) in [7, 11) is 2.75. The fourth-order valence-corrected chi connectivity index (χ4v) is 14.0. The van der Waals surface area contributed by atoms with Gasteiger partial charge in [0.25, 0.3) is 50.0 Å². The van der Waals surface area contributed by atoms with Gasteiger partial charge in [-0.25, -0.2) is 66.0 Å². The van der Waals surface area contributed by atoms with E-state index in [2.05, 4.69) is 49.8 Å². The number of nitrogens with zero attached hydrogens (tertiary/aromatic N) is 16. The minimum Gasteiger partial charge on any atom is -0.506 e. The van der Waals surface area contributed by atoms with Gasteiger partial charge in [0, 0.05) is 82.6 Å². The van der Waals surface area contributed by atoms with Gasteiger partial charge in [-0.05, 0) is 130 Å². The topological polar surface area (TPSA) is 515 Å². The molecule has 39 nitrogen and oxygen atoms in total. The maximum absolute atomic E-state index is 14.3. The van der Waals surface area contributed by atoms with Crippen LogP contribution >= 0.6 is 11.6 Å². The summed E-state index contributed by atoms with van der Waals surface area (Å²) in [6, 6.07) is 34.1. The van der Waals surface area contributed by atoms with E-state index in [1.54, 1.807) is 23.1 Å². The van der Waals surface area contributed by atoms with Crippen molar-refractivity contribution < 1.29 is 74.6 Å². The van der Waals surface area contributed by atoms with Gasteiger partial charge in [-0.15, -0.1) is 0 Å². The smallest absolute Gasteiger partial charge is 0.410 e. The molecule has 6 aromatic carbocycles. The lowest BCUT2D eigenvalue weighted by Gasteiger charge is -2.36. The van der Waals surface area contributed by atoms with Crippen molar-refractivity contribution >= 4 is 95.7 Å². The number of anilines is 2. The molecule has 11 aromatic heterocycles. The van der Waals surface area contributed by atoms with E-state index in [9.17, 15) is 94.1 Å². The Morgan fingerprint density at radius 2 is 0.725 bits per heavy atom. The molecular formula is C92H71ClF6N20O19. The van der Waals surface area contributed by atoms with Crippen LogP contribution in [0.15, 0.2) is 258 Å². The molecule has 138 heavy (non-hydrogen) atoms. The number of phenolic OH excluding ortho intramolecular Hbond substituents is 2. The molecule has 0 spiro atoms. The number of benzene rings is 6. The monoisotopic (exact) mass is 1910 g/mol. The van der Waals surface area contributed by atoms with Crippen molar-refractivity contribution in [1.29, 1.82) is 5.26 Å². The van der Waals surface area contributed by atoms with Crippen LogP contribution in [0, 0.1) is 46.2 Å². The number of carbonyl (C=O) groups is 3. The van der Waals surface area contributed by atoms with E-state index in [0.29, 0.717) is 42.8 Å². The largest absolute Gasteiger partial charge is 0.506 e. The van der Waals surface area contributed by atoms with Crippen molar-refractivity contribution in [2.24, 2.45) is 0 Å². The summed E-state index contributed by atoms with van der Waals surface area (Å²) in [5, 5.41) is 29.9. The first-order valence-corrected chi connectivity index (χ1v) is 40.7. The first-order valence-electron chi connectivity index (χ1n) is 40.3. The van der Waals surface area contributed by atoms with Crippen LogP contribution in [0.4, 0.5) is 42.6 Å². The number of methoxy groups -OCH3 is 2. The Labute approximate surface area is 773 Å². The summed E-state index contributed by atoms with van der Waals surface area (Å²) >= 11 is 5.92. The van der Waals surface area contributed by atoms with Crippen LogP contribution in [0.2, 0.25) is 5.15 Å². The normalized spacial score (nSPS) is 11.5. The van der Waals surface area contributed by atoms with Crippen molar-refractivity contribution in [3.8, 4) is 74.7 Å². The zero-order valence-corrected chi connectivity index (χ0v) is 73.5. The Morgan fingerprint density at radius 3 is 1.09 bits per heavy atom. The summed E-state index contributed by atoms with van der Waals surface area (Å²) in [6.07, 6.45) is 13.2. The Bertz CT molecular complexity index is 8300.